The number of likely N-dealkylation sites (N-methyl/N-ethyl adjacent to an activating group) is 2. The van der Waals surface area contributed by atoms with Gasteiger partial charge in [0.05, 0.1) is 4.47 Å². The number of hydrogen-bond acceptors (Lipinski definition) is 4. The molecule has 2 rings (SSSR count). The van der Waals surface area contributed by atoms with Gasteiger partial charge in [-0.1, -0.05) is 33.0 Å². The summed E-state index contributed by atoms with van der Waals surface area (Å²) in [6.07, 6.45) is 0.904. The monoisotopic (exact) mass is 372 g/mol. The zero-order valence-corrected chi connectivity index (χ0v) is 15.9. The van der Waals surface area contributed by atoms with Gasteiger partial charge in [-0.2, -0.15) is 0 Å². The molecule has 1 N–H and O–H groups in total. The summed E-state index contributed by atoms with van der Waals surface area (Å²) in [6, 6.07) is 0.482. The van der Waals surface area contributed by atoms with Gasteiger partial charge < -0.3 is 14.8 Å². The first-order chi connectivity index (χ1) is 9.68. The summed E-state index contributed by atoms with van der Waals surface area (Å²) in [6.45, 7) is 9.85. The fourth-order valence-electron chi connectivity index (χ4n) is 2.66. The lowest BCUT2D eigenvalue weighted by Gasteiger charge is -2.37. The molecule has 1 atom stereocenters. The maximum atomic E-state index is 5.42. The van der Waals surface area contributed by atoms with Crippen LogP contribution in [-0.4, -0.2) is 59.5 Å². The summed E-state index contributed by atoms with van der Waals surface area (Å²) < 4.78 is 1.57. The van der Waals surface area contributed by atoms with Crippen molar-refractivity contribution in [3.8, 4) is 0 Å². The molecule has 21 heavy (non-hydrogen) atoms. The molecule has 0 saturated carbocycles. The Labute approximate surface area is 141 Å². The van der Waals surface area contributed by atoms with Gasteiger partial charge in [-0.05, 0) is 30.0 Å². The highest BCUT2D eigenvalue weighted by Crippen LogP contribution is 2.28. The number of hydrogen-bond donors (Lipinski definition) is 1. The van der Waals surface area contributed by atoms with E-state index < -0.39 is 0 Å². The van der Waals surface area contributed by atoms with Crippen LogP contribution in [0, 0.1) is 4.64 Å². The van der Waals surface area contributed by atoms with Crippen LogP contribution in [0.5, 0.6) is 0 Å². The van der Waals surface area contributed by atoms with E-state index in [0.717, 1.165) is 42.0 Å². The van der Waals surface area contributed by atoms with Crippen LogP contribution >= 0.6 is 28.1 Å². The van der Waals surface area contributed by atoms with Crippen LogP contribution in [0.3, 0.4) is 0 Å². The van der Waals surface area contributed by atoms with Gasteiger partial charge in [0.2, 0.25) is 0 Å². The van der Waals surface area contributed by atoms with Crippen LogP contribution in [0.25, 0.3) is 0 Å². The fourth-order valence-corrected chi connectivity index (χ4v) is 3.66. The summed E-state index contributed by atoms with van der Waals surface area (Å²) in [4.78, 5) is 12.9. The van der Waals surface area contributed by atoms with E-state index in [2.05, 4.69) is 70.6 Å². The van der Waals surface area contributed by atoms with Gasteiger partial charge in [-0.25, -0.2) is 4.98 Å². The van der Waals surface area contributed by atoms with Gasteiger partial charge in [-0.3, -0.25) is 0 Å². The second-order valence-electron chi connectivity index (χ2n) is 7.03. The van der Waals surface area contributed by atoms with Gasteiger partial charge in [-0.15, -0.1) is 0 Å². The number of H-pyrrole nitrogens is 1. The lowest BCUT2D eigenvalue weighted by Crippen LogP contribution is -2.51. The topological polar surface area (TPSA) is 35.2 Å². The average molecular weight is 373 g/mol. The van der Waals surface area contributed by atoms with Gasteiger partial charge in [0, 0.05) is 43.2 Å². The number of aromatic nitrogens is 2. The van der Waals surface area contributed by atoms with Gasteiger partial charge in [0.15, 0.2) is 0 Å². The molecular formula is C15H25BrN4S. The quantitative estimate of drug-likeness (QED) is 0.809. The lowest BCUT2D eigenvalue weighted by molar-refractivity contribution is 0.113. The second kappa shape index (κ2) is 6.44. The maximum Gasteiger partial charge on any atom is 0.144 e. The van der Waals surface area contributed by atoms with Gasteiger partial charge in [0.1, 0.15) is 10.5 Å². The Morgan fingerprint density at radius 1 is 1.33 bits per heavy atom. The summed E-state index contributed by atoms with van der Waals surface area (Å²) in [7, 11) is 4.37. The predicted molar refractivity (Wildman–Crippen MR) is 93.4 cm³/mol. The van der Waals surface area contributed by atoms with Crippen LogP contribution in [0.2, 0.25) is 0 Å². The normalized spacial score (nSPS) is 21.7. The number of halogens is 1. The largest absolute Gasteiger partial charge is 0.346 e. The highest BCUT2D eigenvalue weighted by atomic mass is 79.9. The molecule has 1 fully saturated rings. The smallest absolute Gasteiger partial charge is 0.144 e. The highest BCUT2D eigenvalue weighted by molar-refractivity contribution is 9.10. The molecular weight excluding hydrogens is 348 g/mol. The first-order valence-electron chi connectivity index (χ1n) is 7.36. The van der Waals surface area contributed by atoms with E-state index in [1.165, 1.54) is 0 Å². The van der Waals surface area contributed by atoms with E-state index in [0.29, 0.717) is 10.7 Å². The summed E-state index contributed by atoms with van der Waals surface area (Å²) in [5.74, 6) is 0.986. The molecule has 1 aromatic heterocycles. The number of aromatic amines is 1. The molecule has 6 heteroatoms. The van der Waals surface area contributed by atoms with E-state index in [-0.39, 0.29) is 5.41 Å². The standard InChI is InChI=1S/C15H25BrN4S/c1-15(2,3)13-12(16)14(21)18-11(17-13)8-10-9-19(4)6-7-20(10)5/h10H,6-9H2,1-5H3,(H,17,18,21). The van der Waals surface area contributed by atoms with E-state index in [1.807, 2.05) is 0 Å². The molecule has 1 saturated heterocycles. The molecule has 0 aliphatic carbocycles. The average Bonchev–Trinajstić information content (AvgIpc) is 2.36. The predicted octanol–water partition coefficient (Wildman–Crippen LogP) is 2.99. The van der Waals surface area contributed by atoms with Crippen LogP contribution in [-0.2, 0) is 11.8 Å². The van der Waals surface area contributed by atoms with E-state index in [4.69, 9.17) is 12.2 Å². The van der Waals surface area contributed by atoms with Crippen LogP contribution in [0.4, 0.5) is 0 Å². The van der Waals surface area contributed by atoms with Crippen molar-refractivity contribution in [1.82, 2.24) is 19.8 Å². The summed E-state index contributed by atoms with van der Waals surface area (Å²) in [5.41, 5.74) is 1.14. The van der Waals surface area contributed by atoms with Crippen molar-refractivity contribution >= 4 is 28.1 Å². The third-order valence-corrected chi connectivity index (χ3v) is 5.40. The molecule has 1 aliphatic rings. The van der Waals surface area contributed by atoms with Crippen LogP contribution in [0.1, 0.15) is 32.3 Å². The third-order valence-electron chi connectivity index (χ3n) is 4.07. The molecule has 1 unspecified atom stereocenters. The number of nitrogens with one attached hydrogen (secondary N) is 1. The van der Waals surface area contributed by atoms with Crippen molar-refractivity contribution in [1.29, 1.82) is 0 Å². The Hall–Kier alpha value is -0.300. The second-order valence-corrected chi connectivity index (χ2v) is 8.21. The zero-order valence-electron chi connectivity index (χ0n) is 13.5. The summed E-state index contributed by atoms with van der Waals surface area (Å²) >= 11 is 9.00. The molecule has 1 aromatic rings. The Kier molecular flexibility index (Phi) is 5.23. The molecule has 0 bridgehead atoms. The van der Waals surface area contributed by atoms with Crippen molar-refractivity contribution < 1.29 is 0 Å². The van der Waals surface area contributed by atoms with Crippen molar-refractivity contribution in [2.45, 2.75) is 38.6 Å². The lowest BCUT2D eigenvalue weighted by atomic mass is 9.92. The molecule has 4 nitrogen and oxygen atoms in total. The summed E-state index contributed by atoms with van der Waals surface area (Å²) in [5, 5.41) is 0. The van der Waals surface area contributed by atoms with Gasteiger partial charge >= 0.3 is 0 Å². The molecule has 1 aliphatic heterocycles. The fraction of sp³-hybridized carbons (Fsp3) is 0.733. The Morgan fingerprint density at radius 3 is 2.62 bits per heavy atom. The van der Waals surface area contributed by atoms with E-state index in [9.17, 15) is 0 Å². The number of piperazine rings is 1. The maximum absolute atomic E-state index is 5.42. The molecule has 118 valence electrons. The minimum Gasteiger partial charge on any atom is -0.346 e. The number of rotatable bonds is 2. The first kappa shape index (κ1) is 17.1. The van der Waals surface area contributed by atoms with Crippen molar-refractivity contribution in [2.24, 2.45) is 0 Å². The number of nitrogens with zero attached hydrogens (tertiary/aromatic N) is 3. The van der Waals surface area contributed by atoms with Crippen LogP contribution < -0.4 is 0 Å². The van der Waals surface area contributed by atoms with Crippen LogP contribution in [0.15, 0.2) is 4.47 Å². The Bertz CT molecular complexity index is 564. The third kappa shape index (κ3) is 4.12. The zero-order chi connectivity index (χ0) is 15.8. The molecule has 0 radical (unpaired) electrons. The molecule has 0 amide bonds. The van der Waals surface area contributed by atoms with Crippen molar-refractivity contribution in [3.05, 3.63) is 20.6 Å². The first-order valence-corrected chi connectivity index (χ1v) is 8.56. The van der Waals surface area contributed by atoms with E-state index >= 15 is 0 Å². The van der Waals surface area contributed by atoms with Crippen molar-refractivity contribution in [2.75, 3.05) is 33.7 Å². The molecule has 2 heterocycles. The van der Waals surface area contributed by atoms with Crippen molar-refractivity contribution in [3.63, 3.8) is 0 Å². The Balaban J connectivity index is 2.28. The molecule has 0 spiro atoms. The minimum atomic E-state index is 0.0132. The Morgan fingerprint density at radius 2 is 2.00 bits per heavy atom. The minimum absolute atomic E-state index is 0.0132. The van der Waals surface area contributed by atoms with E-state index in [1.54, 1.807) is 0 Å². The SMILES string of the molecule is CN1CCN(C)C(Cc2nc(=S)c(Br)c(C(C)(C)C)[nH]2)C1. The van der Waals surface area contributed by atoms with Gasteiger partial charge in [0.25, 0.3) is 0 Å². The highest BCUT2D eigenvalue weighted by Gasteiger charge is 2.25. The molecule has 0 aromatic carbocycles.